The fourth-order valence-electron chi connectivity index (χ4n) is 2.19. The van der Waals surface area contributed by atoms with E-state index < -0.39 is 0 Å². The predicted molar refractivity (Wildman–Crippen MR) is 84.2 cm³/mol. The molecule has 0 amide bonds. The number of rotatable bonds is 11. The summed E-state index contributed by atoms with van der Waals surface area (Å²) >= 11 is 0. The fraction of sp³-hybridized carbons (Fsp3) is 0.647. The van der Waals surface area contributed by atoms with Crippen molar-refractivity contribution in [2.45, 2.75) is 52.0 Å². The Morgan fingerprint density at radius 2 is 1.85 bits per heavy atom. The number of hydrogen-bond acceptors (Lipinski definition) is 3. The summed E-state index contributed by atoms with van der Waals surface area (Å²) in [6.07, 6.45) is 5.14. The topological polar surface area (TPSA) is 41.5 Å². The van der Waals surface area contributed by atoms with Gasteiger partial charge < -0.3 is 15.2 Å². The monoisotopic (exact) mass is 279 g/mol. The van der Waals surface area contributed by atoms with Gasteiger partial charge in [-0.3, -0.25) is 0 Å². The minimum Gasteiger partial charge on any atom is -0.494 e. The Morgan fingerprint density at radius 3 is 2.45 bits per heavy atom. The van der Waals surface area contributed by atoms with E-state index in [1.165, 1.54) is 5.56 Å². The molecular weight excluding hydrogens is 250 g/mol. The third-order valence-electron chi connectivity index (χ3n) is 3.40. The molecule has 1 rings (SSSR count). The third kappa shape index (κ3) is 6.40. The van der Waals surface area contributed by atoms with Gasteiger partial charge in [-0.2, -0.15) is 0 Å². The standard InChI is InChI=1S/C17H29NO2/c1-3-12-18-17(4-2)15-8-10-16(11-9-15)20-14-7-5-6-13-19/h8-11,17-19H,3-7,12-14H2,1-2H3. The molecule has 0 heterocycles. The smallest absolute Gasteiger partial charge is 0.119 e. The van der Waals surface area contributed by atoms with Crippen LogP contribution in [0.25, 0.3) is 0 Å². The Kier molecular flexibility index (Phi) is 9.09. The van der Waals surface area contributed by atoms with Crippen LogP contribution < -0.4 is 10.1 Å². The summed E-state index contributed by atoms with van der Waals surface area (Å²) in [5.41, 5.74) is 1.33. The highest BCUT2D eigenvalue weighted by molar-refractivity contribution is 5.29. The number of aliphatic hydroxyl groups is 1. The van der Waals surface area contributed by atoms with Crippen LogP contribution in [0.4, 0.5) is 0 Å². The molecule has 1 atom stereocenters. The zero-order valence-corrected chi connectivity index (χ0v) is 12.9. The van der Waals surface area contributed by atoms with E-state index in [9.17, 15) is 0 Å². The van der Waals surface area contributed by atoms with Crippen molar-refractivity contribution in [3.8, 4) is 5.75 Å². The van der Waals surface area contributed by atoms with E-state index in [0.29, 0.717) is 6.04 Å². The van der Waals surface area contributed by atoms with Crippen molar-refractivity contribution in [1.82, 2.24) is 5.32 Å². The number of aliphatic hydroxyl groups excluding tert-OH is 1. The Hall–Kier alpha value is -1.06. The van der Waals surface area contributed by atoms with Crippen LogP contribution in [0, 0.1) is 0 Å². The lowest BCUT2D eigenvalue weighted by Crippen LogP contribution is -2.21. The Morgan fingerprint density at radius 1 is 1.10 bits per heavy atom. The van der Waals surface area contributed by atoms with E-state index in [2.05, 4.69) is 43.4 Å². The van der Waals surface area contributed by atoms with E-state index in [-0.39, 0.29) is 6.61 Å². The van der Waals surface area contributed by atoms with Gasteiger partial charge in [-0.05, 0) is 56.3 Å². The van der Waals surface area contributed by atoms with Crippen molar-refractivity contribution in [2.75, 3.05) is 19.8 Å². The Labute approximate surface area is 123 Å². The molecule has 0 bridgehead atoms. The highest BCUT2D eigenvalue weighted by Gasteiger charge is 2.07. The summed E-state index contributed by atoms with van der Waals surface area (Å²) in [7, 11) is 0. The zero-order chi connectivity index (χ0) is 14.6. The summed E-state index contributed by atoms with van der Waals surface area (Å²) in [6, 6.07) is 8.85. The van der Waals surface area contributed by atoms with Crippen molar-refractivity contribution in [2.24, 2.45) is 0 Å². The first kappa shape index (κ1) is 17.0. The van der Waals surface area contributed by atoms with Crippen LogP contribution in [0.1, 0.15) is 57.6 Å². The largest absolute Gasteiger partial charge is 0.494 e. The maximum absolute atomic E-state index is 8.70. The van der Waals surface area contributed by atoms with E-state index in [1.807, 2.05) is 0 Å². The SMILES string of the molecule is CCCNC(CC)c1ccc(OCCCCCO)cc1. The molecule has 0 saturated carbocycles. The van der Waals surface area contributed by atoms with Gasteiger partial charge in [-0.1, -0.05) is 26.0 Å². The van der Waals surface area contributed by atoms with Gasteiger partial charge in [-0.15, -0.1) is 0 Å². The average Bonchev–Trinajstić information content (AvgIpc) is 2.49. The molecule has 0 saturated heterocycles. The molecule has 0 aliphatic heterocycles. The predicted octanol–water partition coefficient (Wildman–Crippen LogP) is 3.68. The minimum absolute atomic E-state index is 0.276. The first-order valence-electron chi connectivity index (χ1n) is 7.88. The van der Waals surface area contributed by atoms with E-state index >= 15 is 0 Å². The molecule has 2 N–H and O–H groups in total. The van der Waals surface area contributed by atoms with Crippen LogP contribution in [0.3, 0.4) is 0 Å². The Bertz CT molecular complexity index is 337. The van der Waals surface area contributed by atoms with Crippen molar-refractivity contribution in [1.29, 1.82) is 0 Å². The maximum atomic E-state index is 8.70. The first-order valence-corrected chi connectivity index (χ1v) is 7.88. The molecule has 3 nitrogen and oxygen atoms in total. The molecule has 114 valence electrons. The highest BCUT2D eigenvalue weighted by atomic mass is 16.5. The molecule has 0 fully saturated rings. The fourth-order valence-corrected chi connectivity index (χ4v) is 2.19. The van der Waals surface area contributed by atoms with E-state index in [1.54, 1.807) is 0 Å². The molecule has 1 aromatic carbocycles. The lowest BCUT2D eigenvalue weighted by molar-refractivity contribution is 0.266. The summed E-state index contributed by atoms with van der Waals surface area (Å²) in [5, 5.41) is 12.3. The second kappa shape index (κ2) is 10.7. The van der Waals surface area contributed by atoms with Gasteiger partial charge in [0.05, 0.1) is 6.61 Å². The normalized spacial score (nSPS) is 12.3. The molecule has 0 radical (unpaired) electrons. The van der Waals surface area contributed by atoms with Crippen molar-refractivity contribution in [3.63, 3.8) is 0 Å². The second-order valence-corrected chi connectivity index (χ2v) is 5.12. The summed E-state index contributed by atoms with van der Waals surface area (Å²) < 4.78 is 5.70. The molecular formula is C17H29NO2. The lowest BCUT2D eigenvalue weighted by Gasteiger charge is -2.17. The number of ether oxygens (including phenoxy) is 1. The molecule has 20 heavy (non-hydrogen) atoms. The van der Waals surface area contributed by atoms with Crippen LogP contribution in [-0.2, 0) is 0 Å². The van der Waals surface area contributed by atoms with Crippen molar-refractivity contribution in [3.05, 3.63) is 29.8 Å². The Balaban J connectivity index is 2.38. The molecule has 1 unspecified atom stereocenters. The van der Waals surface area contributed by atoms with Gasteiger partial charge in [0.15, 0.2) is 0 Å². The maximum Gasteiger partial charge on any atom is 0.119 e. The number of hydrogen-bond donors (Lipinski definition) is 2. The molecule has 0 spiro atoms. The second-order valence-electron chi connectivity index (χ2n) is 5.12. The van der Waals surface area contributed by atoms with Crippen molar-refractivity contribution >= 4 is 0 Å². The van der Waals surface area contributed by atoms with Gasteiger partial charge in [0.25, 0.3) is 0 Å². The van der Waals surface area contributed by atoms with Crippen LogP contribution in [0.5, 0.6) is 5.75 Å². The number of unbranched alkanes of at least 4 members (excludes halogenated alkanes) is 2. The van der Waals surface area contributed by atoms with Gasteiger partial charge in [0.2, 0.25) is 0 Å². The number of benzene rings is 1. The molecule has 3 heteroatoms. The zero-order valence-electron chi connectivity index (χ0n) is 12.9. The molecule has 1 aromatic rings. The van der Waals surface area contributed by atoms with E-state index in [4.69, 9.17) is 9.84 Å². The van der Waals surface area contributed by atoms with Gasteiger partial charge in [-0.25, -0.2) is 0 Å². The lowest BCUT2D eigenvalue weighted by atomic mass is 10.0. The first-order chi connectivity index (χ1) is 9.81. The van der Waals surface area contributed by atoms with Crippen LogP contribution in [0.15, 0.2) is 24.3 Å². The molecule has 0 aromatic heterocycles. The van der Waals surface area contributed by atoms with Crippen LogP contribution in [0.2, 0.25) is 0 Å². The minimum atomic E-state index is 0.276. The third-order valence-corrected chi connectivity index (χ3v) is 3.40. The number of nitrogens with one attached hydrogen (secondary N) is 1. The average molecular weight is 279 g/mol. The quantitative estimate of drug-likeness (QED) is 0.607. The highest BCUT2D eigenvalue weighted by Crippen LogP contribution is 2.20. The van der Waals surface area contributed by atoms with Crippen LogP contribution >= 0.6 is 0 Å². The van der Waals surface area contributed by atoms with Gasteiger partial charge in [0, 0.05) is 12.6 Å². The molecule has 0 aliphatic carbocycles. The van der Waals surface area contributed by atoms with Gasteiger partial charge >= 0.3 is 0 Å². The summed E-state index contributed by atoms with van der Waals surface area (Å²) in [4.78, 5) is 0. The van der Waals surface area contributed by atoms with Gasteiger partial charge in [0.1, 0.15) is 5.75 Å². The summed E-state index contributed by atoms with van der Waals surface area (Å²) in [5.74, 6) is 0.933. The van der Waals surface area contributed by atoms with Crippen LogP contribution in [-0.4, -0.2) is 24.9 Å². The summed E-state index contributed by atoms with van der Waals surface area (Å²) in [6.45, 7) is 6.45. The van der Waals surface area contributed by atoms with E-state index in [0.717, 1.165) is 51.0 Å². The molecule has 0 aliphatic rings. The van der Waals surface area contributed by atoms with Crippen molar-refractivity contribution < 1.29 is 9.84 Å².